The minimum absolute atomic E-state index is 0.0269. The summed E-state index contributed by atoms with van der Waals surface area (Å²) >= 11 is 0. The van der Waals surface area contributed by atoms with E-state index in [2.05, 4.69) is 5.10 Å². The highest BCUT2D eigenvalue weighted by Crippen LogP contribution is 2.27. The standard InChI is InChI=1S/C18H23FN4O2/c1-22-15(6-8-21-22)11-25-12-18(24)23-9-7-16(17(20)10-23)13-2-4-14(19)5-3-13/h2-6,8,16-17H,7,9-12,20H2,1H3/t16-,17+/m0/s1. The number of amides is 1. The number of likely N-dealkylation sites (tertiary alicyclic amines) is 1. The highest BCUT2D eigenvalue weighted by Gasteiger charge is 2.30. The average Bonchev–Trinajstić information content (AvgIpc) is 3.01. The second kappa shape index (κ2) is 7.76. The summed E-state index contributed by atoms with van der Waals surface area (Å²) in [5, 5.41) is 4.06. The van der Waals surface area contributed by atoms with Crippen molar-refractivity contribution in [1.29, 1.82) is 0 Å². The number of benzene rings is 1. The maximum Gasteiger partial charge on any atom is 0.248 e. The van der Waals surface area contributed by atoms with E-state index in [-0.39, 0.29) is 30.3 Å². The summed E-state index contributed by atoms with van der Waals surface area (Å²) in [6.45, 7) is 1.49. The van der Waals surface area contributed by atoms with Crippen LogP contribution in [0.5, 0.6) is 0 Å². The fourth-order valence-corrected chi connectivity index (χ4v) is 3.21. The molecule has 1 aliphatic rings. The largest absolute Gasteiger partial charge is 0.365 e. The quantitative estimate of drug-likeness (QED) is 0.889. The molecule has 0 unspecified atom stereocenters. The van der Waals surface area contributed by atoms with E-state index in [1.54, 1.807) is 27.9 Å². The molecule has 0 aliphatic carbocycles. The molecule has 1 aliphatic heterocycles. The van der Waals surface area contributed by atoms with Crippen LogP contribution in [0.4, 0.5) is 4.39 Å². The first kappa shape index (κ1) is 17.6. The van der Waals surface area contributed by atoms with Gasteiger partial charge in [0.15, 0.2) is 0 Å². The Balaban J connectivity index is 1.49. The van der Waals surface area contributed by atoms with E-state index in [4.69, 9.17) is 10.5 Å². The number of hydrogen-bond donors (Lipinski definition) is 1. The highest BCUT2D eigenvalue weighted by atomic mass is 19.1. The van der Waals surface area contributed by atoms with Gasteiger partial charge in [0.25, 0.3) is 0 Å². The number of rotatable bonds is 5. The van der Waals surface area contributed by atoms with Gasteiger partial charge >= 0.3 is 0 Å². The summed E-state index contributed by atoms with van der Waals surface area (Å²) in [4.78, 5) is 14.1. The van der Waals surface area contributed by atoms with Crippen molar-refractivity contribution >= 4 is 5.91 Å². The number of carbonyl (C=O) groups is 1. The minimum Gasteiger partial charge on any atom is -0.365 e. The fraction of sp³-hybridized carbons (Fsp3) is 0.444. The van der Waals surface area contributed by atoms with Crippen molar-refractivity contribution < 1.29 is 13.9 Å². The normalized spacial score (nSPS) is 20.7. The Labute approximate surface area is 146 Å². The van der Waals surface area contributed by atoms with Crippen molar-refractivity contribution in [3.8, 4) is 0 Å². The number of carbonyl (C=O) groups excluding carboxylic acids is 1. The Morgan fingerprint density at radius 3 is 2.76 bits per heavy atom. The molecular weight excluding hydrogens is 323 g/mol. The monoisotopic (exact) mass is 346 g/mol. The molecule has 1 aromatic heterocycles. The van der Waals surface area contributed by atoms with E-state index in [9.17, 15) is 9.18 Å². The van der Waals surface area contributed by atoms with Crippen LogP contribution in [0.15, 0.2) is 36.5 Å². The van der Waals surface area contributed by atoms with Crippen LogP contribution >= 0.6 is 0 Å². The van der Waals surface area contributed by atoms with Crippen LogP contribution in [-0.4, -0.2) is 46.3 Å². The van der Waals surface area contributed by atoms with Crippen molar-refractivity contribution in [1.82, 2.24) is 14.7 Å². The lowest BCUT2D eigenvalue weighted by atomic mass is 9.86. The van der Waals surface area contributed by atoms with Gasteiger partial charge in [0.2, 0.25) is 5.91 Å². The van der Waals surface area contributed by atoms with E-state index in [1.807, 2.05) is 13.1 Å². The molecule has 0 spiro atoms. The van der Waals surface area contributed by atoms with Crippen LogP contribution in [0.3, 0.4) is 0 Å². The number of aromatic nitrogens is 2. The van der Waals surface area contributed by atoms with E-state index in [0.29, 0.717) is 19.7 Å². The first-order valence-corrected chi connectivity index (χ1v) is 8.38. The summed E-state index contributed by atoms with van der Waals surface area (Å²) in [5.41, 5.74) is 8.20. The zero-order valence-electron chi connectivity index (χ0n) is 14.3. The van der Waals surface area contributed by atoms with Crippen molar-refractivity contribution in [2.24, 2.45) is 12.8 Å². The Kier molecular flexibility index (Phi) is 5.45. The molecule has 1 saturated heterocycles. The number of ether oxygens (including phenoxy) is 1. The molecule has 134 valence electrons. The SMILES string of the molecule is Cn1nccc1COCC(=O)N1CC[C@@H](c2ccc(F)cc2)[C@H](N)C1. The number of aryl methyl sites for hydroxylation is 1. The number of piperidine rings is 1. The van der Waals surface area contributed by atoms with Gasteiger partial charge in [-0.2, -0.15) is 5.10 Å². The molecule has 1 aromatic carbocycles. The van der Waals surface area contributed by atoms with Gasteiger partial charge in [-0.1, -0.05) is 12.1 Å². The van der Waals surface area contributed by atoms with Crippen LogP contribution in [0.25, 0.3) is 0 Å². The van der Waals surface area contributed by atoms with Gasteiger partial charge in [0.05, 0.1) is 12.3 Å². The Morgan fingerprint density at radius 1 is 1.36 bits per heavy atom. The van der Waals surface area contributed by atoms with Crippen molar-refractivity contribution in [2.75, 3.05) is 19.7 Å². The van der Waals surface area contributed by atoms with Crippen molar-refractivity contribution in [3.63, 3.8) is 0 Å². The molecule has 6 nitrogen and oxygen atoms in total. The number of halogens is 1. The third-order valence-corrected chi connectivity index (χ3v) is 4.71. The van der Waals surface area contributed by atoms with Gasteiger partial charge in [-0.3, -0.25) is 9.48 Å². The van der Waals surface area contributed by atoms with Crippen LogP contribution in [0, 0.1) is 5.82 Å². The summed E-state index contributed by atoms with van der Waals surface area (Å²) in [6, 6.07) is 8.13. The molecule has 1 amide bonds. The smallest absolute Gasteiger partial charge is 0.248 e. The zero-order chi connectivity index (χ0) is 17.8. The Bertz CT molecular complexity index is 716. The number of nitrogens with two attached hydrogens (primary N) is 1. The molecule has 0 saturated carbocycles. The summed E-state index contributed by atoms with van der Waals surface area (Å²) < 4.78 is 20.3. The third-order valence-electron chi connectivity index (χ3n) is 4.71. The zero-order valence-corrected chi connectivity index (χ0v) is 14.3. The van der Waals surface area contributed by atoms with E-state index in [0.717, 1.165) is 17.7 Å². The second-order valence-electron chi connectivity index (χ2n) is 6.39. The van der Waals surface area contributed by atoms with Gasteiger partial charge in [0.1, 0.15) is 12.4 Å². The summed E-state index contributed by atoms with van der Waals surface area (Å²) in [6.07, 6.45) is 2.46. The predicted molar refractivity (Wildman–Crippen MR) is 91.2 cm³/mol. The molecule has 3 rings (SSSR count). The predicted octanol–water partition coefficient (Wildman–Crippen LogP) is 1.42. The molecule has 2 aromatic rings. The fourth-order valence-electron chi connectivity index (χ4n) is 3.21. The lowest BCUT2D eigenvalue weighted by molar-refractivity contribution is -0.138. The third kappa shape index (κ3) is 4.24. The Morgan fingerprint density at radius 2 is 2.12 bits per heavy atom. The molecule has 1 fully saturated rings. The van der Waals surface area contributed by atoms with Crippen molar-refractivity contribution in [2.45, 2.75) is 25.0 Å². The second-order valence-corrected chi connectivity index (χ2v) is 6.39. The average molecular weight is 346 g/mol. The lowest BCUT2D eigenvalue weighted by Crippen LogP contribution is -2.50. The van der Waals surface area contributed by atoms with Gasteiger partial charge in [0, 0.05) is 38.3 Å². The molecule has 7 heteroatoms. The van der Waals surface area contributed by atoms with E-state index < -0.39 is 0 Å². The molecular formula is C18H23FN4O2. The molecule has 25 heavy (non-hydrogen) atoms. The van der Waals surface area contributed by atoms with Crippen LogP contribution in [-0.2, 0) is 23.2 Å². The van der Waals surface area contributed by atoms with Crippen molar-refractivity contribution in [3.05, 3.63) is 53.6 Å². The maximum absolute atomic E-state index is 13.1. The molecule has 2 N–H and O–H groups in total. The highest BCUT2D eigenvalue weighted by molar-refractivity contribution is 5.77. The van der Waals surface area contributed by atoms with Gasteiger partial charge in [-0.15, -0.1) is 0 Å². The minimum atomic E-state index is -0.254. The number of nitrogens with zero attached hydrogens (tertiary/aromatic N) is 3. The topological polar surface area (TPSA) is 73.4 Å². The molecule has 2 atom stereocenters. The van der Waals surface area contributed by atoms with Crippen LogP contribution in [0.2, 0.25) is 0 Å². The van der Waals surface area contributed by atoms with Crippen LogP contribution in [0.1, 0.15) is 23.6 Å². The Hall–Kier alpha value is -2.25. The van der Waals surface area contributed by atoms with E-state index in [1.165, 1.54) is 12.1 Å². The van der Waals surface area contributed by atoms with Gasteiger partial charge in [-0.25, -0.2) is 4.39 Å². The first-order chi connectivity index (χ1) is 12.0. The molecule has 2 heterocycles. The van der Waals surface area contributed by atoms with E-state index >= 15 is 0 Å². The summed E-state index contributed by atoms with van der Waals surface area (Å²) in [7, 11) is 1.83. The summed E-state index contributed by atoms with van der Waals surface area (Å²) in [5.74, 6) is -0.175. The van der Waals surface area contributed by atoms with Gasteiger partial charge in [-0.05, 0) is 30.2 Å². The maximum atomic E-state index is 13.1. The van der Waals surface area contributed by atoms with Gasteiger partial charge < -0.3 is 15.4 Å². The first-order valence-electron chi connectivity index (χ1n) is 8.38. The number of hydrogen-bond acceptors (Lipinski definition) is 4. The van der Waals surface area contributed by atoms with Crippen LogP contribution < -0.4 is 5.73 Å². The molecule has 0 bridgehead atoms. The lowest BCUT2D eigenvalue weighted by Gasteiger charge is -2.37. The molecule has 0 radical (unpaired) electrons.